The molecule has 1 amide bonds. The number of hydrogen-bond acceptors (Lipinski definition) is 8. The number of aryl methyl sites for hydroxylation is 2. The first-order valence-electron chi connectivity index (χ1n) is 9.06. The van der Waals surface area contributed by atoms with Crippen LogP contribution in [0.2, 0.25) is 0 Å². The molecule has 11 heteroatoms. The van der Waals surface area contributed by atoms with E-state index >= 15 is 0 Å². The third kappa shape index (κ3) is 3.45. The molecule has 1 atom stereocenters. The molecular formula is C17H22N8O3. The molecule has 0 radical (unpaired) electrons. The van der Waals surface area contributed by atoms with Crippen LogP contribution in [-0.4, -0.2) is 79.0 Å². The van der Waals surface area contributed by atoms with Crippen LogP contribution in [0.3, 0.4) is 0 Å². The molecule has 28 heavy (non-hydrogen) atoms. The highest BCUT2D eigenvalue weighted by Gasteiger charge is 2.30. The first-order chi connectivity index (χ1) is 13.6. The van der Waals surface area contributed by atoms with E-state index in [4.69, 9.17) is 9.47 Å². The summed E-state index contributed by atoms with van der Waals surface area (Å²) in [5, 5.41) is 16.2. The molecule has 1 saturated heterocycles. The maximum Gasteiger partial charge on any atom is 0.272 e. The topological polar surface area (TPSA) is 113 Å². The molecule has 1 fully saturated rings. The van der Waals surface area contributed by atoms with Gasteiger partial charge in [-0.3, -0.25) is 4.79 Å². The summed E-state index contributed by atoms with van der Waals surface area (Å²) < 4.78 is 14.3. The fourth-order valence-corrected chi connectivity index (χ4v) is 3.28. The summed E-state index contributed by atoms with van der Waals surface area (Å²) in [7, 11) is 1.62. The summed E-state index contributed by atoms with van der Waals surface area (Å²) in [4.78, 5) is 19.3. The number of amides is 1. The van der Waals surface area contributed by atoms with E-state index in [1.165, 1.54) is 0 Å². The highest BCUT2D eigenvalue weighted by Crippen LogP contribution is 2.21. The van der Waals surface area contributed by atoms with Crippen molar-refractivity contribution in [3.8, 4) is 0 Å². The summed E-state index contributed by atoms with van der Waals surface area (Å²) in [6, 6.07) is 3.62. The average molecular weight is 386 g/mol. The molecule has 0 saturated carbocycles. The van der Waals surface area contributed by atoms with Gasteiger partial charge in [0.25, 0.3) is 5.91 Å². The Hall–Kier alpha value is -2.92. The lowest BCUT2D eigenvalue weighted by Gasteiger charge is -2.32. The number of carbonyl (C=O) groups is 1. The number of tetrazole rings is 1. The van der Waals surface area contributed by atoms with Crippen LogP contribution in [0.15, 0.2) is 12.1 Å². The van der Waals surface area contributed by atoms with E-state index in [2.05, 4.69) is 25.6 Å². The fraction of sp³-hybridized carbons (Fsp3) is 0.529. The minimum absolute atomic E-state index is 0.145. The van der Waals surface area contributed by atoms with Gasteiger partial charge in [-0.15, -0.1) is 5.10 Å². The van der Waals surface area contributed by atoms with Crippen molar-refractivity contribution in [2.45, 2.75) is 26.5 Å². The number of nitrogens with zero attached hydrogens (tertiary/aromatic N) is 8. The highest BCUT2D eigenvalue weighted by molar-refractivity contribution is 5.93. The van der Waals surface area contributed by atoms with Crippen LogP contribution in [0.1, 0.15) is 33.8 Å². The van der Waals surface area contributed by atoms with Gasteiger partial charge >= 0.3 is 0 Å². The Morgan fingerprint density at radius 3 is 3.04 bits per heavy atom. The summed E-state index contributed by atoms with van der Waals surface area (Å²) in [6.07, 6.45) is -0.397. The summed E-state index contributed by atoms with van der Waals surface area (Å²) in [6.45, 7) is 6.06. The normalized spacial score (nSPS) is 17.4. The van der Waals surface area contributed by atoms with Crippen molar-refractivity contribution in [1.29, 1.82) is 0 Å². The van der Waals surface area contributed by atoms with Gasteiger partial charge in [0.15, 0.2) is 11.5 Å². The molecule has 0 bridgehead atoms. The zero-order chi connectivity index (χ0) is 19.7. The number of methoxy groups -OCH3 is 1. The second-order valence-corrected chi connectivity index (χ2v) is 6.70. The minimum atomic E-state index is -0.397. The molecule has 0 spiro atoms. The molecule has 0 N–H and O–H groups in total. The Balaban J connectivity index is 1.55. The van der Waals surface area contributed by atoms with Crippen molar-refractivity contribution in [3.63, 3.8) is 0 Å². The Bertz CT molecular complexity index is 998. The van der Waals surface area contributed by atoms with Crippen molar-refractivity contribution in [2.24, 2.45) is 0 Å². The van der Waals surface area contributed by atoms with Crippen LogP contribution >= 0.6 is 0 Å². The molecule has 4 rings (SSSR count). The number of morpholine rings is 1. The van der Waals surface area contributed by atoms with Crippen molar-refractivity contribution in [1.82, 2.24) is 39.7 Å². The summed E-state index contributed by atoms with van der Waals surface area (Å²) in [5.41, 5.74) is 2.77. The highest BCUT2D eigenvalue weighted by atomic mass is 16.5. The lowest BCUT2D eigenvalue weighted by molar-refractivity contribution is -0.0293. The first kappa shape index (κ1) is 18.4. The Kier molecular flexibility index (Phi) is 5.01. The van der Waals surface area contributed by atoms with Gasteiger partial charge in [0.1, 0.15) is 11.8 Å². The largest absolute Gasteiger partial charge is 0.383 e. The summed E-state index contributed by atoms with van der Waals surface area (Å²) in [5.74, 6) is 0.439. The Morgan fingerprint density at radius 1 is 1.36 bits per heavy atom. The van der Waals surface area contributed by atoms with Gasteiger partial charge in [-0.1, -0.05) is 0 Å². The van der Waals surface area contributed by atoms with Gasteiger partial charge in [-0.2, -0.15) is 5.10 Å². The van der Waals surface area contributed by atoms with E-state index in [9.17, 15) is 4.79 Å². The van der Waals surface area contributed by atoms with Gasteiger partial charge < -0.3 is 14.4 Å². The fourth-order valence-electron chi connectivity index (χ4n) is 3.28. The van der Waals surface area contributed by atoms with Gasteiger partial charge in [0.2, 0.25) is 0 Å². The standard InChI is InChI=1S/C17H22N8O3/c1-11-8-15-18-13(9-12(2)25(15)20-11)17(26)23-4-7-28-14(10-23)16-19-21-22-24(16)5-6-27-3/h8-9,14H,4-7,10H2,1-3H3/t14-/m0/s1. The Labute approximate surface area is 161 Å². The first-order valence-corrected chi connectivity index (χ1v) is 9.06. The molecule has 0 aromatic carbocycles. The van der Waals surface area contributed by atoms with Crippen LogP contribution in [-0.2, 0) is 16.0 Å². The van der Waals surface area contributed by atoms with Gasteiger partial charge in [-0.05, 0) is 30.3 Å². The average Bonchev–Trinajstić information content (AvgIpc) is 3.31. The lowest BCUT2D eigenvalue weighted by Crippen LogP contribution is -2.43. The number of aromatic nitrogens is 7. The van der Waals surface area contributed by atoms with E-state index in [-0.39, 0.29) is 5.91 Å². The predicted octanol–water partition coefficient (Wildman–Crippen LogP) is 0.193. The molecule has 3 aromatic heterocycles. The molecular weight excluding hydrogens is 364 g/mol. The number of fused-ring (bicyclic) bond motifs is 1. The number of rotatable bonds is 5. The van der Waals surface area contributed by atoms with Crippen molar-refractivity contribution < 1.29 is 14.3 Å². The summed E-state index contributed by atoms with van der Waals surface area (Å²) >= 11 is 0. The van der Waals surface area contributed by atoms with Crippen LogP contribution in [0.25, 0.3) is 5.65 Å². The van der Waals surface area contributed by atoms with Crippen LogP contribution < -0.4 is 0 Å². The molecule has 11 nitrogen and oxygen atoms in total. The SMILES string of the molecule is COCCn1nnnc1[C@@H]1CN(C(=O)c2cc(C)n3nc(C)cc3n2)CCO1. The molecule has 1 aliphatic rings. The molecule has 148 valence electrons. The number of carbonyl (C=O) groups excluding carboxylic acids is 1. The zero-order valence-corrected chi connectivity index (χ0v) is 16.1. The maximum absolute atomic E-state index is 13.1. The molecule has 3 aromatic rings. The van der Waals surface area contributed by atoms with Gasteiger partial charge in [0.05, 0.1) is 32.0 Å². The quantitative estimate of drug-likeness (QED) is 0.611. The van der Waals surface area contributed by atoms with Crippen LogP contribution in [0.4, 0.5) is 0 Å². The molecule has 0 aliphatic carbocycles. The molecule has 4 heterocycles. The van der Waals surface area contributed by atoms with Crippen molar-refractivity contribution in [3.05, 3.63) is 35.0 Å². The smallest absolute Gasteiger partial charge is 0.272 e. The number of ether oxygens (including phenoxy) is 2. The van der Waals surface area contributed by atoms with E-state index in [1.54, 1.807) is 27.3 Å². The second-order valence-electron chi connectivity index (χ2n) is 6.70. The van der Waals surface area contributed by atoms with E-state index in [0.29, 0.717) is 50.0 Å². The van der Waals surface area contributed by atoms with Crippen LogP contribution in [0.5, 0.6) is 0 Å². The van der Waals surface area contributed by atoms with Gasteiger partial charge in [-0.25, -0.2) is 14.2 Å². The van der Waals surface area contributed by atoms with E-state index < -0.39 is 6.10 Å². The third-order valence-electron chi connectivity index (χ3n) is 4.66. The minimum Gasteiger partial charge on any atom is -0.383 e. The molecule has 0 unspecified atom stereocenters. The Morgan fingerprint density at radius 2 is 2.21 bits per heavy atom. The molecule has 1 aliphatic heterocycles. The van der Waals surface area contributed by atoms with E-state index in [0.717, 1.165) is 11.4 Å². The van der Waals surface area contributed by atoms with Crippen molar-refractivity contribution >= 4 is 11.6 Å². The second kappa shape index (κ2) is 7.60. The zero-order valence-electron chi connectivity index (χ0n) is 16.1. The van der Waals surface area contributed by atoms with Crippen molar-refractivity contribution in [2.75, 3.05) is 33.4 Å². The van der Waals surface area contributed by atoms with Gasteiger partial charge in [0, 0.05) is 25.4 Å². The lowest BCUT2D eigenvalue weighted by atomic mass is 10.2. The maximum atomic E-state index is 13.1. The van der Waals surface area contributed by atoms with Crippen LogP contribution in [0, 0.1) is 13.8 Å². The van der Waals surface area contributed by atoms with E-state index in [1.807, 2.05) is 19.9 Å². The monoisotopic (exact) mass is 386 g/mol. The third-order valence-corrected chi connectivity index (χ3v) is 4.66. The number of hydrogen-bond donors (Lipinski definition) is 0. The predicted molar refractivity (Wildman–Crippen MR) is 96.8 cm³/mol.